The molecule has 4 bridgehead atoms. The summed E-state index contributed by atoms with van der Waals surface area (Å²) in [5.74, 6) is 2.76. The second-order valence-electron chi connectivity index (χ2n) is 8.44. The van der Waals surface area contributed by atoms with Gasteiger partial charge in [-0.2, -0.15) is 0 Å². The maximum absolute atomic E-state index is 12.6. The maximum atomic E-state index is 12.6. The number of halogens is 1. The normalized spacial score (nSPS) is 36.0. The lowest BCUT2D eigenvalue weighted by Crippen LogP contribution is -2.55. The Bertz CT molecular complexity index is 603. The van der Waals surface area contributed by atoms with Gasteiger partial charge in [-0.25, -0.2) is 0 Å². The van der Waals surface area contributed by atoms with E-state index in [1.165, 1.54) is 38.5 Å². The van der Waals surface area contributed by atoms with Gasteiger partial charge in [-0.15, -0.1) is 0 Å². The monoisotopic (exact) mass is 331 g/mol. The van der Waals surface area contributed by atoms with Gasteiger partial charge >= 0.3 is 0 Å². The fourth-order valence-corrected chi connectivity index (χ4v) is 6.06. The van der Waals surface area contributed by atoms with Crippen LogP contribution in [0.3, 0.4) is 0 Å². The van der Waals surface area contributed by atoms with Crippen LogP contribution in [-0.4, -0.2) is 11.9 Å². The Labute approximate surface area is 144 Å². The molecule has 1 amide bonds. The van der Waals surface area contributed by atoms with Crippen LogP contribution in [0, 0.1) is 30.1 Å². The first kappa shape index (κ1) is 15.5. The first-order chi connectivity index (χ1) is 10.9. The van der Waals surface area contributed by atoms with Crippen LogP contribution < -0.4 is 5.32 Å². The summed E-state index contributed by atoms with van der Waals surface area (Å²) in [7, 11) is 0. The summed E-state index contributed by atoms with van der Waals surface area (Å²) in [6, 6.07) is 5.84. The molecule has 0 saturated heterocycles. The summed E-state index contributed by atoms with van der Waals surface area (Å²) in [5.41, 5.74) is 2.04. The number of carbonyl (C=O) groups is 1. The van der Waals surface area contributed by atoms with Crippen LogP contribution in [0.4, 0.5) is 0 Å². The summed E-state index contributed by atoms with van der Waals surface area (Å²) in [5, 5.41) is 3.97. The molecule has 1 atom stereocenters. The van der Waals surface area contributed by atoms with Crippen LogP contribution in [0.2, 0.25) is 5.02 Å². The van der Waals surface area contributed by atoms with E-state index in [4.69, 9.17) is 11.6 Å². The highest BCUT2D eigenvalue weighted by atomic mass is 35.5. The first-order valence-electron chi connectivity index (χ1n) is 9.02. The van der Waals surface area contributed by atoms with E-state index in [-0.39, 0.29) is 11.9 Å². The van der Waals surface area contributed by atoms with E-state index in [1.807, 2.05) is 19.1 Å². The van der Waals surface area contributed by atoms with Gasteiger partial charge in [0, 0.05) is 16.6 Å². The molecule has 1 N–H and O–H groups in total. The minimum atomic E-state index is 0.0233. The zero-order valence-corrected chi connectivity index (χ0v) is 14.8. The molecule has 0 aliphatic heterocycles. The van der Waals surface area contributed by atoms with Crippen molar-refractivity contribution in [2.75, 3.05) is 0 Å². The van der Waals surface area contributed by atoms with Gasteiger partial charge in [-0.1, -0.05) is 17.7 Å². The minimum absolute atomic E-state index is 0.0233. The molecule has 4 fully saturated rings. The lowest BCUT2D eigenvalue weighted by atomic mass is 9.48. The average molecular weight is 332 g/mol. The quantitative estimate of drug-likeness (QED) is 0.831. The second-order valence-corrected chi connectivity index (χ2v) is 8.85. The van der Waals surface area contributed by atoms with Crippen LogP contribution in [0.1, 0.15) is 61.4 Å². The Morgan fingerprint density at radius 1 is 1.17 bits per heavy atom. The highest BCUT2D eigenvalue weighted by Gasteiger charge is 2.53. The highest BCUT2D eigenvalue weighted by molar-refractivity contribution is 6.31. The third kappa shape index (κ3) is 2.69. The van der Waals surface area contributed by atoms with E-state index in [0.717, 1.165) is 23.3 Å². The summed E-state index contributed by atoms with van der Waals surface area (Å²) < 4.78 is 0. The van der Waals surface area contributed by atoms with Crippen molar-refractivity contribution in [2.24, 2.45) is 23.2 Å². The van der Waals surface area contributed by atoms with Crippen molar-refractivity contribution in [1.82, 2.24) is 5.32 Å². The van der Waals surface area contributed by atoms with Crippen molar-refractivity contribution in [3.8, 4) is 0 Å². The van der Waals surface area contributed by atoms with Crippen molar-refractivity contribution >= 4 is 17.5 Å². The van der Waals surface area contributed by atoms with E-state index in [0.29, 0.717) is 16.0 Å². The smallest absolute Gasteiger partial charge is 0.251 e. The Kier molecular flexibility index (Phi) is 3.72. The summed E-state index contributed by atoms with van der Waals surface area (Å²) in [6.45, 7) is 4.18. The van der Waals surface area contributed by atoms with Gasteiger partial charge in [0.2, 0.25) is 0 Å². The van der Waals surface area contributed by atoms with Crippen LogP contribution in [-0.2, 0) is 0 Å². The van der Waals surface area contributed by atoms with Crippen LogP contribution in [0.15, 0.2) is 18.2 Å². The molecular weight excluding hydrogens is 306 g/mol. The SMILES string of the molecule is Cc1ccc(C(=O)N[C@H](C)C23CC4CC(CC(C4)C2)C3)cc1Cl. The van der Waals surface area contributed by atoms with Crippen molar-refractivity contribution < 1.29 is 4.79 Å². The number of hydrogen-bond donors (Lipinski definition) is 1. The summed E-state index contributed by atoms with van der Waals surface area (Å²) >= 11 is 6.17. The second kappa shape index (κ2) is 5.51. The zero-order valence-electron chi connectivity index (χ0n) is 14.1. The Hall–Kier alpha value is -1.02. The molecule has 5 rings (SSSR count). The lowest BCUT2D eigenvalue weighted by Gasteiger charge is -2.59. The molecule has 0 radical (unpaired) electrons. The minimum Gasteiger partial charge on any atom is -0.349 e. The van der Waals surface area contributed by atoms with Gasteiger partial charge in [0.1, 0.15) is 0 Å². The highest BCUT2D eigenvalue weighted by Crippen LogP contribution is 2.61. The Morgan fingerprint density at radius 3 is 2.26 bits per heavy atom. The number of nitrogens with one attached hydrogen (secondary N) is 1. The van der Waals surface area contributed by atoms with Gasteiger partial charge in [0.15, 0.2) is 0 Å². The van der Waals surface area contributed by atoms with Crippen molar-refractivity contribution in [3.63, 3.8) is 0 Å². The third-order valence-electron chi connectivity index (χ3n) is 6.79. The third-order valence-corrected chi connectivity index (χ3v) is 7.19. The molecule has 4 saturated carbocycles. The molecule has 2 nitrogen and oxygen atoms in total. The van der Waals surface area contributed by atoms with Gasteiger partial charge < -0.3 is 5.32 Å². The molecule has 4 aliphatic carbocycles. The van der Waals surface area contributed by atoms with Gasteiger partial charge in [0.25, 0.3) is 5.91 Å². The van der Waals surface area contributed by atoms with E-state index in [9.17, 15) is 4.79 Å². The van der Waals surface area contributed by atoms with E-state index < -0.39 is 0 Å². The van der Waals surface area contributed by atoms with E-state index in [2.05, 4.69) is 12.2 Å². The molecule has 4 aliphatic rings. The number of hydrogen-bond acceptors (Lipinski definition) is 1. The predicted molar refractivity (Wildman–Crippen MR) is 93.7 cm³/mol. The number of benzene rings is 1. The topological polar surface area (TPSA) is 29.1 Å². The Balaban J connectivity index is 1.50. The lowest BCUT2D eigenvalue weighted by molar-refractivity contribution is -0.0688. The van der Waals surface area contributed by atoms with E-state index >= 15 is 0 Å². The number of rotatable bonds is 3. The molecule has 1 aromatic rings. The summed E-state index contributed by atoms with van der Waals surface area (Å²) in [4.78, 5) is 12.6. The van der Waals surface area contributed by atoms with Gasteiger partial charge in [-0.3, -0.25) is 4.79 Å². The molecule has 0 heterocycles. The molecule has 0 aromatic heterocycles. The molecule has 23 heavy (non-hydrogen) atoms. The van der Waals surface area contributed by atoms with Crippen LogP contribution in [0.25, 0.3) is 0 Å². The molecular formula is C20H26ClNO. The zero-order chi connectivity index (χ0) is 16.2. The maximum Gasteiger partial charge on any atom is 0.251 e. The standard InChI is InChI=1S/C20H26ClNO/c1-12-3-4-17(8-18(12)21)19(23)22-13(2)20-9-14-5-15(10-20)7-16(6-14)11-20/h3-4,8,13-16H,5-7,9-11H2,1-2H3,(H,22,23)/t13-,14?,15?,16?,20?/m1/s1. The fraction of sp³-hybridized carbons (Fsp3) is 0.650. The van der Waals surface area contributed by atoms with Crippen molar-refractivity contribution in [1.29, 1.82) is 0 Å². The van der Waals surface area contributed by atoms with E-state index in [1.54, 1.807) is 6.07 Å². The van der Waals surface area contributed by atoms with Gasteiger partial charge in [-0.05, 0) is 93.2 Å². The van der Waals surface area contributed by atoms with Gasteiger partial charge in [0.05, 0.1) is 0 Å². The van der Waals surface area contributed by atoms with Crippen molar-refractivity contribution in [3.05, 3.63) is 34.3 Å². The molecule has 0 unspecified atom stereocenters. The number of aryl methyl sites for hydroxylation is 1. The largest absolute Gasteiger partial charge is 0.349 e. The molecule has 0 spiro atoms. The van der Waals surface area contributed by atoms with Crippen molar-refractivity contribution in [2.45, 2.75) is 58.4 Å². The number of carbonyl (C=O) groups excluding carboxylic acids is 1. The predicted octanol–water partition coefficient (Wildman–Crippen LogP) is 4.98. The molecule has 124 valence electrons. The fourth-order valence-electron chi connectivity index (χ4n) is 5.88. The Morgan fingerprint density at radius 2 is 1.74 bits per heavy atom. The van der Waals surface area contributed by atoms with Crippen LogP contribution in [0.5, 0.6) is 0 Å². The average Bonchev–Trinajstić information content (AvgIpc) is 2.48. The number of amides is 1. The summed E-state index contributed by atoms with van der Waals surface area (Å²) in [6.07, 6.45) is 8.26. The van der Waals surface area contributed by atoms with Crippen LogP contribution >= 0.6 is 11.6 Å². The molecule has 1 aromatic carbocycles. The molecule has 3 heteroatoms. The first-order valence-corrected chi connectivity index (χ1v) is 9.40.